The molecule has 0 aromatic heterocycles. The first-order valence-electron chi connectivity index (χ1n) is 5.94. The van der Waals surface area contributed by atoms with Crippen molar-refractivity contribution in [1.82, 2.24) is 0 Å². The maximum Gasteiger partial charge on any atom is 0.342 e. The van der Waals surface area contributed by atoms with Crippen molar-refractivity contribution in [3.05, 3.63) is 33.9 Å². The molecule has 0 saturated carbocycles. The predicted octanol–water partition coefficient (Wildman–Crippen LogP) is 2.60. The van der Waals surface area contributed by atoms with Crippen molar-refractivity contribution in [3.63, 3.8) is 0 Å². The zero-order valence-corrected chi connectivity index (χ0v) is 11.0. The van der Waals surface area contributed by atoms with Crippen LogP contribution < -0.4 is 5.32 Å². The summed E-state index contributed by atoms with van der Waals surface area (Å²) in [5.74, 6) is 0.830. The average molecular weight is 282 g/mol. The summed E-state index contributed by atoms with van der Waals surface area (Å²) < 4.78 is 0. The maximum absolute atomic E-state index is 10.9. The number of nitrogens with one attached hydrogen (secondary N) is 1. The van der Waals surface area contributed by atoms with Crippen molar-refractivity contribution in [3.8, 4) is 0 Å². The molecular weight excluding hydrogens is 268 g/mol. The fraction of sp³-hybridized carbons (Fsp3) is 0.417. The third-order valence-electron chi connectivity index (χ3n) is 2.96. The molecule has 1 aromatic rings. The van der Waals surface area contributed by atoms with Gasteiger partial charge >= 0.3 is 5.97 Å². The highest BCUT2D eigenvalue weighted by Crippen LogP contribution is 2.26. The molecule has 1 fully saturated rings. The number of carbonyl (C=O) groups is 1. The van der Waals surface area contributed by atoms with Crippen LogP contribution in [0.2, 0.25) is 0 Å². The molecule has 0 radical (unpaired) electrons. The Kier molecular flexibility index (Phi) is 4.26. The lowest BCUT2D eigenvalue weighted by Gasteiger charge is -2.23. The second-order valence-electron chi connectivity index (χ2n) is 4.35. The topological polar surface area (TPSA) is 92.5 Å². The normalized spacial score (nSPS) is 18.8. The Morgan fingerprint density at radius 3 is 2.89 bits per heavy atom. The molecule has 0 spiro atoms. The van der Waals surface area contributed by atoms with Gasteiger partial charge in [-0.05, 0) is 30.7 Å². The zero-order chi connectivity index (χ0) is 13.8. The van der Waals surface area contributed by atoms with Crippen LogP contribution in [0, 0.1) is 10.1 Å². The first-order valence-corrected chi connectivity index (χ1v) is 7.09. The Hall–Kier alpha value is -1.76. The molecule has 1 aliphatic heterocycles. The number of aromatic carboxylic acids is 1. The lowest BCUT2D eigenvalue weighted by molar-refractivity contribution is -0.385. The summed E-state index contributed by atoms with van der Waals surface area (Å²) in [6.07, 6.45) is 2.15. The van der Waals surface area contributed by atoms with Crippen molar-refractivity contribution >= 4 is 29.1 Å². The van der Waals surface area contributed by atoms with Gasteiger partial charge in [-0.25, -0.2) is 4.79 Å². The highest BCUT2D eigenvalue weighted by atomic mass is 32.2. The van der Waals surface area contributed by atoms with Gasteiger partial charge in [-0.1, -0.05) is 0 Å². The molecule has 1 saturated heterocycles. The minimum atomic E-state index is -1.29. The van der Waals surface area contributed by atoms with Crippen molar-refractivity contribution in [2.24, 2.45) is 0 Å². The number of carboxylic acids is 1. The number of hydrogen-bond donors (Lipinski definition) is 2. The van der Waals surface area contributed by atoms with Gasteiger partial charge in [0.15, 0.2) is 0 Å². The van der Waals surface area contributed by atoms with E-state index in [0.29, 0.717) is 5.69 Å². The predicted molar refractivity (Wildman–Crippen MR) is 74.0 cm³/mol. The van der Waals surface area contributed by atoms with Gasteiger partial charge in [0.25, 0.3) is 5.69 Å². The van der Waals surface area contributed by atoms with Gasteiger partial charge < -0.3 is 10.4 Å². The number of hydrogen-bond acceptors (Lipinski definition) is 5. The fourth-order valence-corrected chi connectivity index (χ4v) is 3.12. The first-order chi connectivity index (χ1) is 9.08. The van der Waals surface area contributed by atoms with Crippen LogP contribution in [-0.4, -0.2) is 33.5 Å². The highest BCUT2D eigenvalue weighted by Gasteiger charge is 2.21. The van der Waals surface area contributed by atoms with Crippen LogP contribution in [0.25, 0.3) is 0 Å². The third-order valence-corrected chi connectivity index (χ3v) is 4.17. The smallest absolute Gasteiger partial charge is 0.342 e. The monoisotopic (exact) mass is 282 g/mol. The summed E-state index contributed by atoms with van der Waals surface area (Å²) in [5, 5.41) is 23.0. The third kappa shape index (κ3) is 3.37. The molecule has 1 aliphatic rings. The summed E-state index contributed by atoms with van der Waals surface area (Å²) in [6, 6.07) is 4.44. The van der Waals surface area contributed by atoms with Crippen molar-refractivity contribution in [2.75, 3.05) is 16.8 Å². The van der Waals surface area contributed by atoms with Crippen LogP contribution in [-0.2, 0) is 0 Å². The van der Waals surface area contributed by atoms with Crippen molar-refractivity contribution in [1.29, 1.82) is 0 Å². The van der Waals surface area contributed by atoms with E-state index >= 15 is 0 Å². The molecule has 19 heavy (non-hydrogen) atoms. The molecule has 1 aromatic carbocycles. The minimum Gasteiger partial charge on any atom is -0.477 e. The number of carboxylic acid groups (broad SMARTS) is 1. The summed E-state index contributed by atoms with van der Waals surface area (Å²) in [5.41, 5.74) is -0.0567. The quantitative estimate of drug-likeness (QED) is 0.651. The van der Waals surface area contributed by atoms with E-state index in [0.717, 1.165) is 24.3 Å². The number of rotatable bonds is 4. The van der Waals surface area contributed by atoms with Gasteiger partial charge in [0, 0.05) is 23.5 Å². The maximum atomic E-state index is 10.9. The lowest BCUT2D eigenvalue weighted by Crippen LogP contribution is -2.25. The van der Waals surface area contributed by atoms with E-state index in [1.54, 1.807) is 6.07 Å². The Balaban J connectivity index is 2.20. The molecule has 7 heteroatoms. The number of anilines is 1. The minimum absolute atomic E-state index is 0.284. The second kappa shape index (κ2) is 5.92. The van der Waals surface area contributed by atoms with Crippen LogP contribution in [0.1, 0.15) is 23.2 Å². The molecule has 0 aliphatic carbocycles. The number of nitrogens with zero attached hydrogens (tertiary/aromatic N) is 1. The van der Waals surface area contributed by atoms with Gasteiger partial charge in [0.1, 0.15) is 5.56 Å². The molecule has 1 heterocycles. The SMILES string of the molecule is O=C(O)c1ccc(NC2CCCSC2)cc1[N+](=O)[O-]. The standard InChI is InChI=1S/C12H14N2O4S/c15-12(16)10-4-3-8(6-11(10)14(17)18)13-9-2-1-5-19-7-9/h3-4,6,9,13H,1-2,5,7H2,(H,15,16). The molecule has 1 atom stereocenters. The fourth-order valence-electron chi connectivity index (χ4n) is 2.04. The van der Waals surface area contributed by atoms with E-state index < -0.39 is 10.9 Å². The molecule has 1 unspecified atom stereocenters. The van der Waals surface area contributed by atoms with Crippen LogP contribution in [0.3, 0.4) is 0 Å². The molecule has 0 amide bonds. The van der Waals surface area contributed by atoms with E-state index in [9.17, 15) is 14.9 Å². The van der Waals surface area contributed by atoms with E-state index in [4.69, 9.17) is 5.11 Å². The van der Waals surface area contributed by atoms with Gasteiger partial charge in [-0.3, -0.25) is 10.1 Å². The van der Waals surface area contributed by atoms with E-state index in [1.165, 1.54) is 12.1 Å². The Bertz CT molecular complexity index is 501. The number of benzene rings is 1. The summed E-state index contributed by atoms with van der Waals surface area (Å²) in [4.78, 5) is 21.1. The highest BCUT2D eigenvalue weighted by molar-refractivity contribution is 7.99. The van der Waals surface area contributed by atoms with Crippen LogP contribution in [0.15, 0.2) is 18.2 Å². The lowest BCUT2D eigenvalue weighted by atomic mass is 10.1. The number of thioether (sulfide) groups is 1. The molecule has 102 valence electrons. The number of nitro benzene ring substituents is 1. The van der Waals surface area contributed by atoms with Gasteiger partial charge in [0.2, 0.25) is 0 Å². The first kappa shape index (κ1) is 13.7. The molecule has 2 rings (SSSR count). The zero-order valence-electron chi connectivity index (χ0n) is 10.2. The van der Waals surface area contributed by atoms with Crippen molar-refractivity contribution in [2.45, 2.75) is 18.9 Å². The average Bonchev–Trinajstić information content (AvgIpc) is 2.39. The van der Waals surface area contributed by atoms with E-state index in [1.807, 2.05) is 11.8 Å². The van der Waals surface area contributed by atoms with Gasteiger partial charge in [0.05, 0.1) is 4.92 Å². The molecule has 2 N–H and O–H groups in total. The summed E-state index contributed by atoms with van der Waals surface area (Å²) in [7, 11) is 0. The molecule has 0 bridgehead atoms. The van der Waals surface area contributed by atoms with Crippen LogP contribution >= 0.6 is 11.8 Å². The van der Waals surface area contributed by atoms with Gasteiger partial charge in [-0.2, -0.15) is 11.8 Å². The molecular formula is C12H14N2O4S. The largest absolute Gasteiger partial charge is 0.477 e. The van der Waals surface area contributed by atoms with Gasteiger partial charge in [-0.15, -0.1) is 0 Å². The summed E-state index contributed by atoms with van der Waals surface area (Å²) >= 11 is 1.85. The second-order valence-corrected chi connectivity index (χ2v) is 5.50. The number of nitro groups is 1. The van der Waals surface area contributed by atoms with Crippen LogP contribution in [0.5, 0.6) is 0 Å². The summed E-state index contributed by atoms with van der Waals surface area (Å²) in [6.45, 7) is 0. The Labute approximate surface area is 114 Å². The van der Waals surface area contributed by atoms with E-state index in [2.05, 4.69) is 5.32 Å². The van der Waals surface area contributed by atoms with E-state index in [-0.39, 0.29) is 17.3 Å². The van der Waals surface area contributed by atoms with Crippen molar-refractivity contribution < 1.29 is 14.8 Å². The van der Waals surface area contributed by atoms with Crippen LogP contribution in [0.4, 0.5) is 11.4 Å². The Morgan fingerprint density at radius 1 is 1.53 bits per heavy atom. The Morgan fingerprint density at radius 2 is 2.32 bits per heavy atom. The molecule has 6 nitrogen and oxygen atoms in total.